The van der Waals surface area contributed by atoms with Gasteiger partial charge in [0.25, 0.3) is 0 Å². The Kier molecular flexibility index (Phi) is 8.65. The van der Waals surface area contributed by atoms with E-state index >= 15 is 0 Å². The van der Waals surface area contributed by atoms with Gasteiger partial charge >= 0.3 is 0 Å². The molecule has 0 unspecified atom stereocenters. The van der Waals surface area contributed by atoms with Gasteiger partial charge in [-0.05, 0) is 54.8 Å². The monoisotopic (exact) mass is 455 g/mol. The van der Waals surface area contributed by atoms with Crippen molar-refractivity contribution in [1.29, 1.82) is 0 Å². The lowest BCUT2D eigenvalue weighted by Crippen LogP contribution is -2.17. The first-order chi connectivity index (χ1) is 15.5. The number of aryl methyl sites for hydroxylation is 1. The molecule has 0 saturated heterocycles. The lowest BCUT2D eigenvalue weighted by atomic mass is 10.1. The SMILES string of the molecule is COc1ccc(CCNCc2cc(OC)c(OCc3cccc(C)c3)cc2Cl)cc1OC. The van der Waals surface area contributed by atoms with Crippen LogP contribution in [0.4, 0.5) is 0 Å². The summed E-state index contributed by atoms with van der Waals surface area (Å²) >= 11 is 6.53. The van der Waals surface area contributed by atoms with Crippen molar-refractivity contribution in [2.45, 2.75) is 26.5 Å². The Morgan fingerprint density at radius 3 is 2.25 bits per heavy atom. The maximum absolute atomic E-state index is 6.53. The molecule has 1 N–H and O–H groups in total. The number of methoxy groups -OCH3 is 3. The van der Waals surface area contributed by atoms with Crippen LogP contribution >= 0.6 is 11.6 Å². The predicted molar refractivity (Wildman–Crippen MR) is 128 cm³/mol. The van der Waals surface area contributed by atoms with Gasteiger partial charge in [0.15, 0.2) is 23.0 Å². The third kappa shape index (κ3) is 6.31. The Labute approximate surface area is 195 Å². The molecule has 0 bridgehead atoms. The van der Waals surface area contributed by atoms with Gasteiger partial charge in [-0.15, -0.1) is 0 Å². The van der Waals surface area contributed by atoms with Crippen LogP contribution in [0.2, 0.25) is 5.02 Å². The molecule has 170 valence electrons. The minimum Gasteiger partial charge on any atom is -0.493 e. The summed E-state index contributed by atoms with van der Waals surface area (Å²) < 4.78 is 22.2. The lowest BCUT2D eigenvalue weighted by Gasteiger charge is -2.15. The standard InChI is InChI=1S/C26H30ClNO4/c1-18-6-5-7-20(12-18)17-32-26-15-22(27)21(14-25(26)31-4)16-28-11-10-19-8-9-23(29-2)24(13-19)30-3/h5-9,12-15,28H,10-11,16-17H2,1-4H3. The van der Waals surface area contributed by atoms with Gasteiger partial charge in [0.1, 0.15) is 6.61 Å². The molecule has 0 atom stereocenters. The average molecular weight is 456 g/mol. The zero-order valence-corrected chi connectivity index (χ0v) is 19.8. The molecule has 0 heterocycles. The number of hydrogen-bond acceptors (Lipinski definition) is 5. The van der Waals surface area contributed by atoms with Gasteiger partial charge in [0.05, 0.1) is 21.3 Å². The molecule has 0 saturated carbocycles. The van der Waals surface area contributed by atoms with Crippen molar-refractivity contribution < 1.29 is 18.9 Å². The van der Waals surface area contributed by atoms with E-state index < -0.39 is 0 Å². The number of hydrogen-bond donors (Lipinski definition) is 1. The first-order valence-electron chi connectivity index (χ1n) is 10.5. The van der Waals surface area contributed by atoms with Crippen LogP contribution in [0.3, 0.4) is 0 Å². The Balaban J connectivity index is 1.57. The van der Waals surface area contributed by atoms with Crippen LogP contribution in [0, 0.1) is 6.92 Å². The van der Waals surface area contributed by atoms with Crippen LogP contribution in [-0.2, 0) is 19.6 Å². The summed E-state index contributed by atoms with van der Waals surface area (Å²) in [5, 5.41) is 4.08. The summed E-state index contributed by atoms with van der Waals surface area (Å²) in [6.07, 6.45) is 0.854. The molecule has 0 fully saturated rings. The summed E-state index contributed by atoms with van der Waals surface area (Å²) in [6, 6.07) is 17.9. The fraction of sp³-hybridized carbons (Fsp3) is 0.308. The second-order valence-corrected chi connectivity index (χ2v) is 7.90. The van der Waals surface area contributed by atoms with Crippen molar-refractivity contribution in [1.82, 2.24) is 5.32 Å². The van der Waals surface area contributed by atoms with Crippen molar-refractivity contribution in [3.63, 3.8) is 0 Å². The summed E-state index contributed by atoms with van der Waals surface area (Å²) in [7, 11) is 4.91. The molecule has 0 aliphatic heterocycles. The first-order valence-corrected chi connectivity index (χ1v) is 10.9. The molecule has 32 heavy (non-hydrogen) atoms. The van der Waals surface area contributed by atoms with E-state index in [1.54, 1.807) is 21.3 Å². The van der Waals surface area contributed by atoms with E-state index in [0.717, 1.165) is 35.6 Å². The molecule has 0 aromatic heterocycles. The Morgan fingerprint density at radius 2 is 1.53 bits per heavy atom. The second kappa shape index (κ2) is 11.7. The first kappa shape index (κ1) is 23.8. The lowest BCUT2D eigenvalue weighted by molar-refractivity contribution is 0.284. The predicted octanol–water partition coefficient (Wildman–Crippen LogP) is 5.59. The van der Waals surface area contributed by atoms with Crippen molar-refractivity contribution in [3.05, 3.63) is 81.9 Å². The van der Waals surface area contributed by atoms with Crippen LogP contribution < -0.4 is 24.3 Å². The zero-order valence-electron chi connectivity index (χ0n) is 19.0. The van der Waals surface area contributed by atoms with E-state index in [0.29, 0.717) is 29.7 Å². The number of halogens is 1. The summed E-state index contributed by atoms with van der Waals surface area (Å²) in [6.45, 7) is 3.94. The van der Waals surface area contributed by atoms with Crippen molar-refractivity contribution in [2.24, 2.45) is 0 Å². The maximum Gasteiger partial charge on any atom is 0.163 e. The molecule has 0 aliphatic carbocycles. The molecule has 0 aliphatic rings. The van der Waals surface area contributed by atoms with E-state index in [-0.39, 0.29) is 0 Å². The van der Waals surface area contributed by atoms with Crippen LogP contribution in [0.15, 0.2) is 54.6 Å². The van der Waals surface area contributed by atoms with Crippen LogP contribution in [0.5, 0.6) is 23.0 Å². The van der Waals surface area contributed by atoms with Gasteiger partial charge in [-0.25, -0.2) is 0 Å². The van der Waals surface area contributed by atoms with E-state index in [1.807, 2.05) is 42.5 Å². The minimum atomic E-state index is 0.456. The fourth-order valence-corrected chi connectivity index (χ4v) is 3.66. The Hall–Kier alpha value is -2.89. The van der Waals surface area contributed by atoms with E-state index in [9.17, 15) is 0 Å². The Morgan fingerprint density at radius 1 is 0.781 bits per heavy atom. The summed E-state index contributed by atoms with van der Waals surface area (Å²) in [4.78, 5) is 0. The van der Waals surface area contributed by atoms with Crippen LogP contribution in [-0.4, -0.2) is 27.9 Å². The molecule has 3 rings (SSSR count). The Bertz CT molecular complexity index is 1040. The highest BCUT2D eigenvalue weighted by Crippen LogP contribution is 2.34. The second-order valence-electron chi connectivity index (χ2n) is 7.49. The van der Waals surface area contributed by atoms with E-state index in [2.05, 4.69) is 24.4 Å². The molecule has 0 amide bonds. The third-order valence-electron chi connectivity index (χ3n) is 5.16. The number of rotatable bonds is 11. The highest BCUT2D eigenvalue weighted by Gasteiger charge is 2.11. The minimum absolute atomic E-state index is 0.456. The van der Waals surface area contributed by atoms with Crippen LogP contribution in [0.25, 0.3) is 0 Å². The highest BCUT2D eigenvalue weighted by molar-refractivity contribution is 6.31. The summed E-state index contributed by atoms with van der Waals surface area (Å²) in [5.74, 6) is 2.76. The van der Waals surface area contributed by atoms with Crippen LogP contribution in [0.1, 0.15) is 22.3 Å². The smallest absolute Gasteiger partial charge is 0.163 e. The normalized spacial score (nSPS) is 10.7. The van der Waals surface area contributed by atoms with Crippen molar-refractivity contribution in [3.8, 4) is 23.0 Å². The van der Waals surface area contributed by atoms with Gasteiger partial charge in [-0.1, -0.05) is 47.5 Å². The molecular formula is C26H30ClNO4. The van der Waals surface area contributed by atoms with Gasteiger partial charge in [0, 0.05) is 17.6 Å². The van der Waals surface area contributed by atoms with Gasteiger partial charge in [-0.3, -0.25) is 0 Å². The van der Waals surface area contributed by atoms with Gasteiger partial charge in [0.2, 0.25) is 0 Å². The fourth-order valence-electron chi connectivity index (χ4n) is 3.44. The molecule has 0 radical (unpaired) electrons. The van der Waals surface area contributed by atoms with Gasteiger partial charge in [-0.2, -0.15) is 0 Å². The van der Waals surface area contributed by atoms with E-state index in [4.69, 9.17) is 30.5 Å². The molecule has 6 heteroatoms. The number of benzene rings is 3. The molecule has 5 nitrogen and oxygen atoms in total. The number of ether oxygens (including phenoxy) is 4. The molecule has 0 spiro atoms. The zero-order chi connectivity index (χ0) is 22.9. The largest absolute Gasteiger partial charge is 0.493 e. The quantitative estimate of drug-likeness (QED) is 0.382. The highest BCUT2D eigenvalue weighted by atomic mass is 35.5. The van der Waals surface area contributed by atoms with Crippen molar-refractivity contribution >= 4 is 11.6 Å². The van der Waals surface area contributed by atoms with Crippen molar-refractivity contribution in [2.75, 3.05) is 27.9 Å². The van der Waals surface area contributed by atoms with Gasteiger partial charge < -0.3 is 24.3 Å². The summed E-state index contributed by atoms with van der Waals surface area (Å²) in [5.41, 5.74) is 4.42. The molecular weight excluding hydrogens is 426 g/mol. The molecule has 3 aromatic carbocycles. The average Bonchev–Trinajstić information content (AvgIpc) is 2.81. The topological polar surface area (TPSA) is 49.0 Å². The maximum atomic E-state index is 6.53. The number of nitrogens with one attached hydrogen (secondary N) is 1. The molecule has 3 aromatic rings. The van der Waals surface area contributed by atoms with E-state index in [1.165, 1.54) is 11.1 Å². The third-order valence-corrected chi connectivity index (χ3v) is 5.52.